The van der Waals surface area contributed by atoms with Crippen molar-refractivity contribution in [2.45, 2.75) is 45.6 Å². The molecule has 5 nitrogen and oxygen atoms in total. The fourth-order valence-electron chi connectivity index (χ4n) is 2.16. The molecule has 2 atom stereocenters. The molecule has 0 heterocycles. The van der Waals surface area contributed by atoms with E-state index in [0.717, 1.165) is 25.7 Å². The summed E-state index contributed by atoms with van der Waals surface area (Å²) in [5.74, 6) is -0.246. The lowest BCUT2D eigenvalue weighted by Crippen LogP contribution is -2.49. The summed E-state index contributed by atoms with van der Waals surface area (Å²) in [6.07, 6.45) is 3.55. The highest BCUT2D eigenvalue weighted by Crippen LogP contribution is 2.36. The number of nitrogens with two attached hydrogens (primary N) is 1. The van der Waals surface area contributed by atoms with Crippen molar-refractivity contribution in [3.8, 4) is 0 Å². The molecule has 1 aliphatic rings. The number of rotatable bonds is 5. The first-order valence-electron chi connectivity index (χ1n) is 6.31. The van der Waals surface area contributed by atoms with Crippen LogP contribution in [0.4, 0.5) is 0 Å². The van der Waals surface area contributed by atoms with Gasteiger partial charge in [0.1, 0.15) is 0 Å². The molecule has 0 bridgehead atoms. The molecule has 0 aliphatic heterocycles. The van der Waals surface area contributed by atoms with Gasteiger partial charge < -0.3 is 16.4 Å². The first-order chi connectivity index (χ1) is 8.00. The summed E-state index contributed by atoms with van der Waals surface area (Å²) in [4.78, 5) is 23.3. The van der Waals surface area contributed by atoms with E-state index in [2.05, 4.69) is 10.6 Å². The van der Waals surface area contributed by atoms with E-state index < -0.39 is 5.41 Å². The maximum Gasteiger partial charge on any atom is 0.239 e. The topological polar surface area (TPSA) is 84.2 Å². The Kier molecular flexibility index (Phi) is 4.93. The van der Waals surface area contributed by atoms with Gasteiger partial charge in [0.2, 0.25) is 11.8 Å². The van der Waals surface area contributed by atoms with Crippen molar-refractivity contribution in [2.75, 3.05) is 13.1 Å². The summed E-state index contributed by atoms with van der Waals surface area (Å²) >= 11 is 0. The molecule has 1 fully saturated rings. The van der Waals surface area contributed by atoms with Gasteiger partial charge in [-0.15, -0.1) is 0 Å². The largest absolute Gasteiger partial charge is 0.355 e. The van der Waals surface area contributed by atoms with Gasteiger partial charge in [-0.2, -0.15) is 0 Å². The first-order valence-corrected chi connectivity index (χ1v) is 6.31. The van der Waals surface area contributed by atoms with Crippen molar-refractivity contribution in [1.82, 2.24) is 10.6 Å². The highest BCUT2D eigenvalue weighted by molar-refractivity contribution is 5.88. The first kappa shape index (κ1) is 14.0. The maximum atomic E-state index is 12.0. The standard InChI is InChI=1S/C12H23N3O2/c1-3-7-14-10(16)8-15-11(17)12(2)6-4-5-9(12)13/h9H,3-8,13H2,1-2H3,(H,14,16)(H,15,17). The zero-order valence-electron chi connectivity index (χ0n) is 10.7. The lowest BCUT2D eigenvalue weighted by Gasteiger charge is -2.27. The second kappa shape index (κ2) is 6.00. The average Bonchev–Trinajstić information content (AvgIpc) is 2.65. The molecule has 1 saturated carbocycles. The summed E-state index contributed by atoms with van der Waals surface area (Å²) in [5, 5.41) is 5.39. The Hall–Kier alpha value is -1.10. The fourth-order valence-corrected chi connectivity index (χ4v) is 2.16. The van der Waals surface area contributed by atoms with Crippen LogP contribution in [-0.4, -0.2) is 30.9 Å². The monoisotopic (exact) mass is 241 g/mol. The highest BCUT2D eigenvalue weighted by Gasteiger charge is 2.42. The van der Waals surface area contributed by atoms with Gasteiger partial charge in [-0.05, 0) is 26.2 Å². The molecule has 1 rings (SSSR count). The van der Waals surface area contributed by atoms with Gasteiger partial charge in [0.25, 0.3) is 0 Å². The zero-order valence-corrected chi connectivity index (χ0v) is 10.7. The molecule has 0 saturated heterocycles. The Bertz CT molecular complexity index is 293. The van der Waals surface area contributed by atoms with E-state index in [1.54, 1.807) is 0 Å². The van der Waals surface area contributed by atoms with E-state index >= 15 is 0 Å². The Morgan fingerprint density at radius 3 is 2.65 bits per heavy atom. The molecule has 0 aromatic rings. The van der Waals surface area contributed by atoms with Crippen LogP contribution in [-0.2, 0) is 9.59 Å². The number of carbonyl (C=O) groups is 2. The van der Waals surface area contributed by atoms with Crippen molar-refractivity contribution in [3.05, 3.63) is 0 Å². The van der Waals surface area contributed by atoms with Crippen LogP contribution in [0.2, 0.25) is 0 Å². The van der Waals surface area contributed by atoms with Crippen LogP contribution in [0.5, 0.6) is 0 Å². The zero-order chi connectivity index (χ0) is 12.9. The van der Waals surface area contributed by atoms with E-state index in [9.17, 15) is 9.59 Å². The quantitative estimate of drug-likeness (QED) is 0.640. The molecule has 98 valence electrons. The van der Waals surface area contributed by atoms with Gasteiger partial charge >= 0.3 is 0 Å². The predicted molar refractivity (Wildman–Crippen MR) is 66.2 cm³/mol. The van der Waals surface area contributed by atoms with E-state index in [1.807, 2.05) is 13.8 Å². The van der Waals surface area contributed by atoms with Crippen molar-refractivity contribution in [1.29, 1.82) is 0 Å². The second-order valence-electron chi connectivity index (χ2n) is 4.95. The lowest BCUT2D eigenvalue weighted by atomic mass is 9.84. The van der Waals surface area contributed by atoms with E-state index in [-0.39, 0.29) is 24.4 Å². The van der Waals surface area contributed by atoms with Crippen LogP contribution in [0.1, 0.15) is 39.5 Å². The maximum absolute atomic E-state index is 12.0. The molecular weight excluding hydrogens is 218 g/mol. The number of hydrogen-bond donors (Lipinski definition) is 3. The number of carbonyl (C=O) groups excluding carboxylic acids is 2. The van der Waals surface area contributed by atoms with Crippen molar-refractivity contribution in [3.63, 3.8) is 0 Å². The minimum Gasteiger partial charge on any atom is -0.355 e. The molecule has 4 N–H and O–H groups in total. The molecule has 2 amide bonds. The Labute approximate surface area is 103 Å². The second-order valence-corrected chi connectivity index (χ2v) is 4.95. The van der Waals surface area contributed by atoms with Crippen LogP contribution in [0.15, 0.2) is 0 Å². The smallest absolute Gasteiger partial charge is 0.239 e. The SMILES string of the molecule is CCCNC(=O)CNC(=O)C1(C)CCCC1N. The lowest BCUT2D eigenvalue weighted by molar-refractivity contribution is -0.132. The number of nitrogens with one attached hydrogen (secondary N) is 2. The van der Waals surface area contributed by atoms with Crippen LogP contribution in [0.25, 0.3) is 0 Å². The van der Waals surface area contributed by atoms with Crippen molar-refractivity contribution < 1.29 is 9.59 Å². The van der Waals surface area contributed by atoms with Crippen molar-refractivity contribution in [2.24, 2.45) is 11.1 Å². The predicted octanol–water partition coefficient (Wildman–Crippen LogP) is 0.146. The molecule has 5 heteroatoms. The van der Waals surface area contributed by atoms with Gasteiger partial charge in [0.05, 0.1) is 12.0 Å². The fraction of sp³-hybridized carbons (Fsp3) is 0.833. The molecule has 2 unspecified atom stereocenters. The van der Waals surface area contributed by atoms with Gasteiger partial charge in [-0.1, -0.05) is 13.3 Å². The minimum absolute atomic E-state index is 0.0428. The van der Waals surface area contributed by atoms with Crippen LogP contribution in [0, 0.1) is 5.41 Å². The Morgan fingerprint density at radius 2 is 2.12 bits per heavy atom. The van der Waals surface area contributed by atoms with Gasteiger partial charge in [0.15, 0.2) is 0 Å². The highest BCUT2D eigenvalue weighted by atomic mass is 16.2. The third kappa shape index (κ3) is 3.43. The number of amides is 2. The summed E-state index contributed by atoms with van der Waals surface area (Å²) in [6.45, 7) is 4.55. The summed E-state index contributed by atoms with van der Waals surface area (Å²) in [6, 6.07) is -0.0961. The molecule has 0 aromatic heterocycles. The van der Waals surface area contributed by atoms with E-state index in [0.29, 0.717) is 6.54 Å². The Balaban J connectivity index is 2.37. The van der Waals surface area contributed by atoms with Crippen LogP contribution < -0.4 is 16.4 Å². The van der Waals surface area contributed by atoms with Crippen LogP contribution >= 0.6 is 0 Å². The van der Waals surface area contributed by atoms with Gasteiger partial charge in [0, 0.05) is 12.6 Å². The third-order valence-electron chi connectivity index (χ3n) is 3.53. The van der Waals surface area contributed by atoms with Crippen LogP contribution in [0.3, 0.4) is 0 Å². The molecule has 0 radical (unpaired) electrons. The third-order valence-corrected chi connectivity index (χ3v) is 3.53. The molecule has 0 aromatic carbocycles. The Morgan fingerprint density at radius 1 is 1.41 bits per heavy atom. The minimum atomic E-state index is -0.509. The molecule has 17 heavy (non-hydrogen) atoms. The average molecular weight is 241 g/mol. The van der Waals surface area contributed by atoms with Gasteiger partial charge in [-0.3, -0.25) is 9.59 Å². The van der Waals surface area contributed by atoms with E-state index in [4.69, 9.17) is 5.73 Å². The molecule has 0 spiro atoms. The number of hydrogen-bond acceptors (Lipinski definition) is 3. The summed E-state index contributed by atoms with van der Waals surface area (Å²) in [7, 11) is 0. The van der Waals surface area contributed by atoms with Crippen molar-refractivity contribution >= 4 is 11.8 Å². The molecular formula is C12H23N3O2. The molecule has 1 aliphatic carbocycles. The van der Waals surface area contributed by atoms with E-state index in [1.165, 1.54) is 0 Å². The van der Waals surface area contributed by atoms with Gasteiger partial charge in [-0.25, -0.2) is 0 Å². The normalized spacial score (nSPS) is 27.8. The summed E-state index contributed by atoms with van der Waals surface area (Å²) < 4.78 is 0. The summed E-state index contributed by atoms with van der Waals surface area (Å²) in [5.41, 5.74) is 5.43.